The van der Waals surface area contributed by atoms with Crippen LogP contribution in [0.5, 0.6) is 0 Å². The third-order valence-electron chi connectivity index (χ3n) is 5.86. The Kier molecular flexibility index (Phi) is 5.67. The van der Waals surface area contributed by atoms with Gasteiger partial charge in [-0.25, -0.2) is 9.98 Å². The van der Waals surface area contributed by atoms with Crippen LogP contribution < -0.4 is 4.90 Å². The van der Waals surface area contributed by atoms with Gasteiger partial charge in [0, 0.05) is 30.0 Å². The van der Waals surface area contributed by atoms with E-state index in [4.69, 9.17) is 4.99 Å². The van der Waals surface area contributed by atoms with Crippen molar-refractivity contribution < 1.29 is 4.79 Å². The number of aromatic nitrogens is 2. The van der Waals surface area contributed by atoms with Gasteiger partial charge in [0.15, 0.2) is 5.17 Å². The molecule has 0 saturated carbocycles. The summed E-state index contributed by atoms with van der Waals surface area (Å²) in [6.07, 6.45) is 5.42. The monoisotopic (exact) mass is 495 g/mol. The molecular formula is C27H21N5OS2. The third-order valence-corrected chi connectivity index (χ3v) is 8.29. The second-order valence-corrected chi connectivity index (χ2v) is 10.1. The lowest BCUT2D eigenvalue weighted by molar-refractivity contribution is -0.122. The summed E-state index contributed by atoms with van der Waals surface area (Å²) >= 11 is 3.08. The molecule has 2 aliphatic rings. The van der Waals surface area contributed by atoms with Gasteiger partial charge in [0.1, 0.15) is 4.91 Å². The quantitative estimate of drug-likeness (QED) is 0.323. The number of para-hydroxylation sites is 1. The molecule has 0 bridgehead atoms. The van der Waals surface area contributed by atoms with Crippen LogP contribution in [-0.4, -0.2) is 32.6 Å². The number of anilines is 1. The maximum Gasteiger partial charge on any atom is 0.269 e. The van der Waals surface area contributed by atoms with Gasteiger partial charge in [0.2, 0.25) is 0 Å². The fourth-order valence-corrected chi connectivity index (χ4v) is 6.39. The SMILES string of the molecule is CN1C(=C2SC(=Nc3ccc(-n4ccnc4)cc3)N(Cc3ccccc3)C2=O)Sc2ccccc21. The summed E-state index contributed by atoms with van der Waals surface area (Å²) in [6, 6.07) is 26.2. The first-order chi connectivity index (χ1) is 17.2. The van der Waals surface area contributed by atoms with Crippen LogP contribution in [0.3, 0.4) is 0 Å². The number of benzene rings is 3. The zero-order valence-electron chi connectivity index (χ0n) is 18.9. The lowest BCUT2D eigenvalue weighted by atomic mass is 10.2. The van der Waals surface area contributed by atoms with Crippen LogP contribution >= 0.6 is 23.5 Å². The van der Waals surface area contributed by atoms with E-state index in [0.717, 1.165) is 32.6 Å². The number of amides is 1. The Morgan fingerprint density at radius 3 is 2.43 bits per heavy atom. The zero-order chi connectivity index (χ0) is 23.8. The molecule has 1 fully saturated rings. The Balaban J connectivity index is 1.37. The molecule has 1 amide bonds. The molecule has 1 saturated heterocycles. The van der Waals surface area contributed by atoms with Gasteiger partial charge in [-0.15, -0.1) is 0 Å². The molecule has 6 nitrogen and oxygen atoms in total. The molecule has 0 spiro atoms. The Labute approximate surface area is 212 Å². The van der Waals surface area contributed by atoms with Gasteiger partial charge in [-0.05, 0) is 53.7 Å². The van der Waals surface area contributed by atoms with Gasteiger partial charge < -0.3 is 9.47 Å². The molecule has 0 atom stereocenters. The molecule has 172 valence electrons. The maximum absolute atomic E-state index is 13.7. The van der Waals surface area contributed by atoms with Crippen LogP contribution in [0.25, 0.3) is 5.69 Å². The number of hydrogen-bond donors (Lipinski definition) is 0. The third kappa shape index (κ3) is 4.15. The molecule has 4 aromatic rings. The largest absolute Gasteiger partial charge is 0.337 e. The molecular weight excluding hydrogens is 474 g/mol. The highest BCUT2D eigenvalue weighted by atomic mass is 32.2. The minimum atomic E-state index is -0.0187. The summed E-state index contributed by atoms with van der Waals surface area (Å²) in [5.41, 5.74) is 3.98. The van der Waals surface area contributed by atoms with Crippen molar-refractivity contribution in [1.82, 2.24) is 14.5 Å². The van der Waals surface area contributed by atoms with E-state index in [2.05, 4.69) is 22.0 Å². The van der Waals surface area contributed by atoms with E-state index in [-0.39, 0.29) is 5.91 Å². The average molecular weight is 496 g/mol. The summed E-state index contributed by atoms with van der Waals surface area (Å²) in [4.78, 5) is 28.5. The number of nitrogens with zero attached hydrogens (tertiary/aromatic N) is 5. The van der Waals surface area contributed by atoms with Crippen LogP contribution in [0.4, 0.5) is 11.4 Å². The minimum absolute atomic E-state index is 0.0187. The first-order valence-corrected chi connectivity index (χ1v) is 12.8. The van der Waals surface area contributed by atoms with Gasteiger partial charge in [-0.3, -0.25) is 9.69 Å². The first kappa shape index (κ1) is 21.8. The number of imidazole rings is 1. The van der Waals surface area contributed by atoms with Crippen LogP contribution in [0.2, 0.25) is 0 Å². The molecule has 0 unspecified atom stereocenters. The van der Waals surface area contributed by atoms with E-state index < -0.39 is 0 Å². The van der Waals surface area contributed by atoms with E-state index >= 15 is 0 Å². The van der Waals surface area contributed by atoms with Crippen molar-refractivity contribution in [2.75, 3.05) is 11.9 Å². The van der Waals surface area contributed by atoms with E-state index in [1.807, 2.05) is 84.5 Å². The van der Waals surface area contributed by atoms with Crippen LogP contribution in [0.15, 0.2) is 117 Å². The fourth-order valence-electron chi connectivity index (χ4n) is 4.05. The van der Waals surface area contributed by atoms with Gasteiger partial charge in [-0.2, -0.15) is 0 Å². The lowest BCUT2D eigenvalue weighted by Gasteiger charge is -2.17. The molecule has 8 heteroatoms. The highest BCUT2D eigenvalue weighted by Gasteiger charge is 2.39. The normalized spacial score (nSPS) is 18.5. The molecule has 3 aromatic carbocycles. The highest BCUT2D eigenvalue weighted by molar-refractivity contribution is 8.19. The zero-order valence-corrected chi connectivity index (χ0v) is 20.5. The first-order valence-electron chi connectivity index (χ1n) is 11.1. The molecule has 1 aromatic heterocycles. The Morgan fingerprint density at radius 1 is 0.914 bits per heavy atom. The molecule has 2 aliphatic heterocycles. The predicted molar refractivity (Wildman–Crippen MR) is 143 cm³/mol. The summed E-state index contributed by atoms with van der Waals surface area (Å²) in [5.74, 6) is -0.0187. The summed E-state index contributed by atoms with van der Waals surface area (Å²) in [5, 5.41) is 1.63. The molecule has 35 heavy (non-hydrogen) atoms. The average Bonchev–Trinajstić information content (AvgIpc) is 3.61. The van der Waals surface area contributed by atoms with Crippen LogP contribution in [-0.2, 0) is 11.3 Å². The smallest absolute Gasteiger partial charge is 0.269 e. The number of amidine groups is 1. The van der Waals surface area contributed by atoms with E-state index in [1.165, 1.54) is 11.8 Å². The summed E-state index contributed by atoms with van der Waals surface area (Å²) < 4.78 is 1.94. The van der Waals surface area contributed by atoms with Crippen molar-refractivity contribution in [2.45, 2.75) is 11.4 Å². The van der Waals surface area contributed by atoms with Crippen molar-refractivity contribution in [3.05, 3.63) is 113 Å². The number of fused-ring (bicyclic) bond motifs is 1. The second-order valence-electron chi connectivity index (χ2n) is 8.12. The van der Waals surface area contributed by atoms with Crippen molar-refractivity contribution in [1.29, 1.82) is 0 Å². The number of thioether (sulfide) groups is 2. The van der Waals surface area contributed by atoms with Gasteiger partial charge in [0.05, 0.1) is 29.3 Å². The summed E-state index contributed by atoms with van der Waals surface area (Å²) in [6.45, 7) is 0.469. The molecule has 0 radical (unpaired) electrons. The van der Waals surface area contributed by atoms with E-state index in [0.29, 0.717) is 16.6 Å². The van der Waals surface area contributed by atoms with Crippen LogP contribution in [0.1, 0.15) is 5.56 Å². The van der Waals surface area contributed by atoms with Crippen molar-refractivity contribution in [2.24, 2.45) is 4.99 Å². The number of hydrogen-bond acceptors (Lipinski definition) is 6. The Hall–Kier alpha value is -3.75. The van der Waals surface area contributed by atoms with Gasteiger partial charge in [-0.1, -0.05) is 54.2 Å². The number of carbonyl (C=O) groups is 1. The number of carbonyl (C=O) groups excluding carboxylic acids is 1. The van der Waals surface area contributed by atoms with Crippen LogP contribution in [0, 0.1) is 0 Å². The van der Waals surface area contributed by atoms with E-state index in [9.17, 15) is 4.79 Å². The van der Waals surface area contributed by atoms with E-state index in [1.54, 1.807) is 29.2 Å². The van der Waals surface area contributed by atoms with Gasteiger partial charge in [0.25, 0.3) is 5.91 Å². The van der Waals surface area contributed by atoms with Crippen molar-refractivity contribution >= 4 is 46.0 Å². The molecule has 0 aliphatic carbocycles. The molecule has 0 N–H and O–H groups in total. The lowest BCUT2D eigenvalue weighted by Crippen LogP contribution is -2.29. The Morgan fingerprint density at radius 2 is 1.69 bits per heavy atom. The number of rotatable bonds is 4. The second kappa shape index (κ2) is 9.13. The molecule has 6 rings (SSSR count). The van der Waals surface area contributed by atoms with Crippen molar-refractivity contribution in [3.63, 3.8) is 0 Å². The topological polar surface area (TPSA) is 53.7 Å². The minimum Gasteiger partial charge on any atom is -0.337 e. The van der Waals surface area contributed by atoms with Crippen molar-refractivity contribution in [3.8, 4) is 5.69 Å². The molecule has 3 heterocycles. The maximum atomic E-state index is 13.7. The standard InChI is InChI=1S/C27H21N5OS2/c1-30-22-9-5-6-10-23(22)34-26(30)24-25(33)32(17-19-7-3-2-4-8-19)27(35-24)29-20-11-13-21(14-12-20)31-16-15-28-18-31/h2-16,18H,17H2,1H3. The predicted octanol–water partition coefficient (Wildman–Crippen LogP) is 6.05. The highest BCUT2D eigenvalue weighted by Crippen LogP contribution is 2.50. The number of aliphatic imine (C=N–C) groups is 1. The fraction of sp³-hybridized carbons (Fsp3) is 0.0741. The Bertz CT molecular complexity index is 1450. The van der Waals surface area contributed by atoms with Gasteiger partial charge >= 0.3 is 0 Å². The summed E-state index contributed by atoms with van der Waals surface area (Å²) in [7, 11) is 2.01.